The number of carbonyl (C=O) groups excluding carboxylic acids is 1. The summed E-state index contributed by atoms with van der Waals surface area (Å²) >= 11 is 6.03. The fraction of sp³-hybridized carbons (Fsp3) is 0.588. The summed E-state index contributed by atoms with van der Waals surface area (Å²) in [6.07, 6.45) is -3.33. The van der Waals surface area contributed by atoms with Crippen LogP contribution < -0.4 is 0 Å². The van der Waals surface area contributed by atoms with Gasteiger partial charge >= 0.3 is 0 Å². The van der Waals surface area contributed by atoms with Crippen molar-refractivity contribution in [2.45, 2.75) is 17.4 Å². The van der Waals surface area contributed by atoms with Gasteiger partial charge in [-0.25, -0.2) is 17.2 Å². The fourth-order valence-electron chi connectivity index (χ4n) is 3.34. The summed E-state index contributed by atoms with van der Waals surface area (Å²) in [6, 6.07) is 6.14. The van der Waals surface area contributed by atoms with Crippen LogP contribution in [0.2, 0.25) is 5.02 Å². The van der Waals surface area contributed by atoms with E-state index in [1.165, 1.54) is 21.3 Å². The summed E-state index contributed by atoms with van der Waals surface area (Å²) in [7, 11) is -3.85. The Bertz CT molecular complexity index is 803. The van der Waals surface area contributed by atoms with Crippen LogP contribution in [0.4, 0.5) is 8.78 Å². The third kappa shape index (κ3) is 4.80. The zero-order valence-corrected chi connectivity index (χ0v) is 16.7. The Morgan fingerprint density at radius 2 is 1.86 bits per heavy atom. The molecule has 1 aromatic rings. The molecule has 7 nitrogen and oxygen atoms in total. The number of carbonyl (C=O) groups is 1. The van der Waals surface area contributed by atoms with Crippen LogP contribution in [0.1, 0.15) is 0 Å². The molecule has 0 N–H and O–H groups in total. The van der Waals surface area contributed by atoms with Crippen molar-refractivity contribution in [3.8, 4) is 0 Å². The van der Waals surface area contributed by atoms with Gasteiger partial charge in [0, 0.05) is 39.3 Å². The molecule has 156 valence electrons. The molecule has 1 atom stereocenters. The molecule has 2 fully saturated rings. The van der Waals surface area contributed by atoms with Crippen molar-refractivity contribution in [2.24, 2.45) is 0 Å². The van der Waals surface area contributed by atoms with E-state index in [0.717, 1.165) is 0 Å². The van der Waals surface area contributed by atoms with Crippen molar-refractivity contribution in [1.82, 2.24) is 14.1 Å². The molecule has 3 rings (SSSR count). The number of piperazine rings is 1. The van der Waals surface area contributed by atoms with Gasteiger partial charge < -0.3 is 9.64 Å². The van der Waals surface area contributed by atoms with Gasteiger partial charge in [-0.15, -0.1) is 0 Å². The Kier molecular flexibility index (Phi) is 6.87. The maximum absolute atomic E-state index is 12.9. The Balaban J connectivity index is 1.64. The van der Waals surface area contributed by atoms with Crippen LogP contribution in [-0.2, 0) is 19.6 Å². The first kappa shape index (κ1) is 21.4. The second-order valence-electron chi connectivity index (χ2n) is 6.67. The largest absolute Gasteiger partial charge is 0.366 e. The van der Waals surface area contributed by atoms with Gasteiger partial charge in [-0.3, -0.25) is 9.69 Å². The number of benzene rings is 1. The standard InChI is InChI=1S/C17H22ClF2N3O4S/c18-13-3-1-2-4-15(13)28(25,26)23-9-10-27-14(11-23)17(24)22-7-5-21(6-8-22)12-16(19)20/h1-4,14,16H,5-12H2/t14-/m1/s1. The maximum atomic E-state index is 12.9. The van der Waals surface area contributed by atoms with Crippen LogP contribution in [0.15, 0.2) is 29.2 Å². The Labute approximate surface area is 167 Å². The van der Waals surface area contributed by atoms with Crippen LogP contribution >= 0.6 is 11.6 Å². The average molecular weight is 438 g/mol. The summed E-state index contributed by atoms with van der Waals surface area (Å²) in [4.78, 5) is 15.9. The highest BCUT2D eigenvalue weighted by molar-refractivity contribution is 7.89. The van der Waals surface area contributed by atoms with Gasteiger partial charge in [0.2, 0.25) is 10.0 Å². The zero-order chi connectivity index (χ0) is 20.3. The number of hydrogen-bond donors (Lipinski definition) is 0. The topological polar surface area (TPSA) is 70.2 Å². The number of ether oxygens (including phenoxy) is 1. The molecule has 2 heterocycles. The molecule has 0 saturated carbocycles. The number of nitrogens with zero attached hydrogens (tertiary/aromatic N) is 3. The van der Waals surface area contributed by atoms with Gasteiger partial charge in [0.15, 0.2) is 0 Å². The van der Waals surface area contributed by atoms with Crippen LogP contribution in [0, 0.1) is 0 Å². The first-order chi connectivity index (χ1) is 13.3. The lowest BCUT2D eigenvalue weighted by Gasteiger charge is -2.38. The second-order valence-corrected chi connectivity index (χ2v) is 8.98. The number of hydrogen-bond acceptors (Lipinski definition) is 5. The molecule has 0 unspecified atom stereocenters. The van der Waals surface area contributed by atoms with Crippen LogP contribution in [0.3, 0.4) is 0 Å². The SMILES string of the molecule is O=C([C@H]1CN(S(=O)(=O)c2ccccc2Cl)CCO1)N1CCN(CC(F)F)CC1. The van der Waals surface area contributed by atoms with Crippen molar-refractivity contribution in [3.05, 3.63) is 29.3 Å². The minimum Gasteiger partial charge on any atom is -0.366 e. The first-order valence-electron chi connectivity index (χ1n) is 8.94. The molecular weight excluding hydrogens is 416 g/mol. The first-order valence-corrected chi connectivity index (χ1v) is 10.8. The molecule has 1 aromatic carbocycles. The van der Waals surface area contributed by atoms with Gasteiger partial charge in [-0.2, -0.15) is 4.31 Å². The summed E-state index contributed by atoms with van der Waals surface area (Å²) in [5.74, 6) is -0.323. The van der Waals surface area contributed by atoms with Gasteiger partial charge in [0.25, 0.3) is 12.3 Å². The van der Waals surface area contributed by atoms with E-state index in [-0.39, 0.29) is 42.1 Å². The quantitative estimate of drug-likeness (QED) is 0.691. The number of amides is 1. The molecule has 0 spiro atoms. The number of morpholine rings is 1. The summed E-state index contributed by atoms with van der Waals surface area (Å²) in [5.41, 5.74) is 0. The maximum Gasteiger partial charge on any atom is 0.253 e. The van der Waals surface area contributed by atoms with E-state index < -0.39 is 22.6 Å². The minimum absolute atomic E-state index is 0.00891. The third-order valence-corrected chi connectivity index (χ3v) is 7.20. The van der Waals surface area contributed by atoms with E-state index in [1.807, 2.05) is 0 Å². The molecular formula is C17H22ClF2N3O4S. The lowest BCUT2D eigenvalue weighted by Crippen LogP contribution is -2.56. The lowest BCUT2D eigenvalue weighted by molar-refractivity contribution is -0.149. The van der Waals surface area contributed by atoms with E-state index in [1.54, 1.807) is 17.0 Å². The Morgan fingerprint density at radius 3 is 2.50 bits per heavy atom. The van der Waals surface area contributed by atoms with Gasteiger partial charge in [-0.05, 0) is 12.1 Å². The minimum atomic E-state index is -3.85. The second kappa shape index (κ2) is 9.00. The molecule has 0 radical (unpaired) electrons. The molecule has 0 aliphatic carbocycles. The monoisotopic (exact) mass is 437 g/mol. The van der Waals surface area contributed by atoms with E-state index in [9.17, 15) is 22.0 Å². The number of alkyl halides is 2. The predicted molar refractivity (Wildman–Crippen MR) is 99.0 cm³/mol. The van der Waals surface area contributed by atoms with Crippen LogP contribution in [0.5, 0.6) is 0 Å². The van der Waals surface area contributed by atoms with Crippen molar-refractivity contribution in [3.63, 3.8) is 0 Å². The molecule has 2 aliphatic heterocycles. The van der Waals surface area contributed by atoms with E-state index in [0.29, 0.717) is 26.2 Å². The Hall–Kier alpha value is -1.33. The lowest BCUT2D eigenvalue weighted by atomic mass is 10.2. The highest BCUT2D eigenvalue weighted by Gasteiger charge is 2.37. The van der Waals surface area contributed by atoms with Crippen molar-refractivity contribution in [2.75, 3.05) is 52.4 Å². The highest BCUT2D eigenvalue weighted by Crippen LogP contribution is 2.26. The van der Waals surface area contributed by atoms with Gasteiger partial charge in [-0.1, -0.05) is 23.7 Å². The normalized spacial score (nSPS) is 22.6. The van der Waals surface area contributed by atoms with Gasteiger partial charge in [0.05, 0.1) is 18.2 Å². The number of rotatable bonds is 5. The van der Waals surface area contributed by atoms with E-state index in [4.69, 9.17) is 16.3 Å². The summed E-state index contributed by atoms with van der Waals surface area (Å²) in [5, 5.41) is 0.118. The zero-order valence-electron chi connectivity index (χ0n) is 15.1. The number of sulfonamides is 1. The number of halogens is 3. The summed E-state index contributed by atoms with van der Waals surface area (Å²) < 4.78 is 57.4. The molecule has 28 heavy (non-hydrogen) atoms. The smallest absolute Gasteiger partial charge is 0.253 e. The van der Waals surface area contributed by atoms with Gasteiger partial charge in [0.1, 0.15) is 11.0 Å². The molecule has 0 bridgehead atoms. The van der Waals surface area contributed by atoms with Crippen LogP contribution in [0.25, 0.3) is 0 Å². The van der Waals surface area contributed by atoms with Crippen molar-refractivity contribution >= 4 is 27.5 Å². The average Bonchev–Trinajstić information content (AvgIpc) is 2.68. The summed E-state index contributed by atoms with van der Waals surface area (Å²) in [6.45, 7) is 1.11. The molecule has 2 saturated heterocycles. The van der Waals surface area contributed by atoms with Crippen molar-refractivity contribution in [1.29, 1.82) is 0 Å². The molecule has 0 aromatic heterocycles. The Morgan fingerprint density at radius 1 is 1.18 bits per heavy atom. The molecule has 1 amide bonds. The van der Waals surface area contributed by atoms with Crippen LogP contribution in [-0.4, -0.2) is 93.4 Å². The third-order valence-electron chi connectivity index (χ3n) is 4.84. The van der Waals surface area contributed by atoms with E-state index in [2.05, 4.69) is 0 Å². The molecule has 11 heteroatoms. The highest BCUT2D eigenvalue weighted by atomic mass is 35.5. The fourth-order valence-corrected chi connectivity index (χ4v) is 5.25. The molecule has 2 aliphatic rings. The predicted octanol–water partition coefficient (Wildman–Crippen LogP) is 1.14. The van der Waals surface area contributed by atoms with E-state index >= 15 is 0 Å². The van der Waals surface area contributed by atoms with Crippen molar-refractivity contribution < 1.29 is 26.7 Å².